The molecule has 2 aromatic carbocycles. The third-order valence-corrected chi connectivity index (χ3v) is 4.45. The van der Waals surface area contributed by atoms with E-state index >= 15 is 0 Å². The number of carbonyl (C=O) groups excluding carboxylic acids is 2. The molecule has 1 aliphatic heterocycles. The summed E-state index contributed by atoms with van der Waals surface area (Å²) in [5, 5.41) is 2.95. The number of fused-ring (bicyclic) bond motifs is 1. The Kier molecular flexibility index (Phi) is 5.03. The molecule has 1 unspecified atom stereocenters. The molecule has 1 atom stereocenters. The maximum atomic E-state index is 12.7. The van der Waals surface area contributed by atoms with Gasteiger partial charge >= 0.3 is 0 Å². The number of methoxy groups -OCH3 is 1. The summed E-state index contributed by atoms with van der Waals surface area (Å²) in [4.78, 5) is 26.8. The summed E-state index contributed by atoms with van der Waals surface area (Å²) < 4.78 is 5.20. The van der Waals surface area contributed by atoms with Crippen LogP contribution in [-0.2, 0) is 22.6 Å². The van der Waals surface area contributed by atoms with Crippen molar-refractivity contribution in [2.75, 3.05) is 12.0 Å². The van der Waals surface area contributed by atoms with Crippen LogP contribution in [0.15, 0.2) is 48.5 Å². The molecule has 1 N–H and O–H groups in total. The molecule has 0 fully saturated rings. The van der Waals surface area contributed by atoms with E-state index in [0.717, 1.165) is 22.6 Å². The molecular weight excluding hydrogens is 316 g/mol. The fourth-order valence-corrected chi connectivity index (χ4v) is 3.16. The Morgan fingerprint density at radius 2 is 2.00 bits per heavy atom. The van der Waals surface area contributed by atoms with Gasteiger partial charge in [-0.15, -0.1) is 0 Å². The Balaban J connectivity index is 1.74. The summed E-state index contributed by atoms with van der Waals surface area (Å²) in [6.07, 6.45) is 0.917. The standard InChI is InChI=1S/C20H22N2O3/c1-3-19(23)22-17-10-5-4-8-15(17)12-18(22)20(24)21-13-14-7-6-9-16(11-14)25-2/h4-11,18H,3,12-13H2,1-2H3,(H,21,24). The Morgan fingerprint density at radius 1 is 1.20 bits per heavy atom. The van der Waals surface area contributed by atoms with Crippen LogP contribution < -0.4 is 15.0 Å². The molecule has 0 radical (unpaired) electrons. The molecule has 3 rings (SSSR count). The molecule has 0 spiro atoms. The van der Waals surface area contributed by atoms with Crippen LogP contribution in [0.4, 0.5) is 5.69 Å². The van der Waals surface area contributed by atoms with Gasteiger partial charge in [0.2, 0.25) is 11.8 Å². The van der Waals surface area contributed by atoms with Crippen LogP contribution in [0.5, 0.6) is 5.75 Å². The van der Waals surface area contributed by atoms with Crippen molar-refractivity contribution < 1.29 is 14.3 Å². The van der Waals surface area contributed by atoms with E-state index in [9.17, 15) is 9.59 Å². The number of rotatable bonds is 5. The van der Waals surface area contributed by atoms with Crippen molar-refractivity contribution in [3.8, 4) is 5.75 Å². The highest BCUT2D eigenvalue weighted by molar-refractivity contribution is 6.03. The molecule has 5 nitrogen and oxygen atoms in total. The van der Waals surface area contributed by atoms with Crippen molar-refractivity contribution in [1.82, 2.24) is 5.32 Å². The first-order valence-electron chi connectivity index (χ1n) is 8.44. The van der Waals surface area contributed by atoms with Gasteiger partial charge in [0.1, 0.15) is 11.8 Å². The smallest absolute Gasteiger partial charge is 0.243 e. The van der Waals surface area contributed by atoms with Crippen LogP contribution in [0.1, 0.15) is 24.5 Å². The second-order valence-corrected chi connectivity index (χ2v) is 6.04. The van der Waals surface area contributed by atoms with E-state index in [1.807, 2.05) is 55.5 Å². The van der Waals surface area contributed by atoms with Crippen LogP contribution in [0.3, 0.4) is 0 Å². The molecule has 25 heavy (non-hydrogen) atoms. The van der Waals surface area contributed by atoms with Gasteiger partial charge in [-0.2, -0.15) is 0 Å². The van der Waals surface area contributed by atoms with E-state index in [-0.39, 0.29) is 11.8 Å². The number of hydrogen-bond acceptors (Lipinski definition) is 3. The van der Waals surface area contributed by atoms with Crippen molar-refractivity contribution in [1.29, 1.82) is 0 Å². The molecule has 0 bridgehead atoms. The summed E-state index contributed by atoms with van der Waals surface area (Å²) in [5.41, 5.74) is 2.83. The van der Waals surface area contributed by atoms with Crippen molar-refractivity contribution in [2.24, 2.45) is 0 Å². The van der Waals surface area contributed by atoms with Crippen LogP contribution in [0.25, 0.3) is 0 Å². The minimum Gasteiger partial charge on any atom is -0.497 e. The zero-order chi connectivity index (χ0) is 17.8. The van der Waals surface area contributed by atoms with Crippen molar-refractivity contribution in [3.05, 3.63) is 59.7 Å². The molecule has 2 aromatic rings. The lowest BCUT2D eigenvalue weighted by molar-refractivity contribution is -0.126. The first-order chi connectivity index (χ1) is 12.1. The number of ether oxygens (including phenoxy) is 1. The van der Waals surface area contributed by atoms with Crippen LogP contribution >= 0.6 is 0 Å². The van der Waals surface area contributed by atoms with Gasteiger partial charge in [0.05, 0.1) is 7.11 Å². The molecule has 5 heteroatoms. The predicted octanol–water partition coefficient (Wildman–Crippen LogP) is 2.68. The minimum absolute atomic E-state index is 0.0357. The van der Waals surface area contributed by atoms with E-state index in [0.29, 0.717) is 19.4 Å². The van der Waals surface area contributed by atoms with Gasteiger partial charge < -0.3 is 10.1 Å². The highest BCUT2D eigenvalue weighted by atomic mass is 16.5. The molecule has 130 valence electrons. The van der Waals surface area contributed by atoms with Crippen LogP contribution in [0, 0.1) is 0 Å². The quantitative estimate of drug-likeness (QED) is 0.912. The summed E-state index contributed by atoms with van der Waals surface area (Å²) >= 11 is 0. The van der Waals surface area contributed by atoms with Crippen molar-refractivity contribution >= 4 is 17.5 Å². The van der Waals surface area contributed by atoms with Gasteiger partial charge in [-0.3, -0.25) is 14.5 Å². The SMILES string of the molecule is CCC(=O)N1c2ccccc2CC1C(=O)NCc1cccc(OC)c1. The molecule has 0 saturated carbocycles. The van der Waals surface area contributed by atoms with Gasteiger partial charge in [-0.05, 0) is 29.3 Å². The average Bonchev–Trinajstić information content (AvgIpc) is 3.05. The van der Waals surface area contributed by atoms with Crippen LogP contribution in [-0.4, -0.2) is 25.0 Å². The predicted molar refractivity (Wildman–Crippen MR) is 96.6 cm³/mol. The summed E-state index contributed by atoms with van der Waals surface area (Å²) in [6.45, 7) is 2.21. The lowest BCUT2D eigenvalue weighted by Gasteiger charge is -2.24. The summed E-state index contributed by atoms with van der Waals surface area (Å²) in [6, 6.07) is 14.8. The second kappa shape index (κ2) is 7.38. The first kappa shape index (κ1) is 17.0. The monoisotopic (exact) mass is 338 g/mol. The molecule has 2 amide bonds. The van der Waals surface area contributed by atoms with Gasteiger partial charge in [0.15, 0.2) is 0 Å². The minimum atomic E-state index is -0.490. The van der Waals surface area contributed by atoms with E-state index in [2.05, 4.69) is 5.32 Å². The zero-order valence-electron chi connectivity index (χ0n) is 14.5. The molecule has 0 aromatic heterocycles. The molecule has 0 saturated heterocycles. The summed E-state index contributed by atoms with van der Waals surface area (Å²) in [5.74, 6) is 0.579. The van der Waals surface area contributed by atoms with Gasteiger partial charge in [-0.1, -0.05) is 37.3 Å². The number of nitrogens with zero attached hydrogens (tertiary/aromatic N) is 1. The third-order valence-electron chi connectivity index (χ3n) is 4.45. The first-order valence-corrected chi connectivity index (χ1v) is 8.44. The van der Waals surface area contributed by atoms with Gasteiger partial charge in [0.25, 0.3) is 0 Å². The highest BCUT2D eigenvalue weighted by Gasteiger charge is 2.37. The second-order valence-electron chi connectivity index (χ2n) is 6.04. The molecule has 0 aliphatic carbocycles. The van der Waals surface area contributed by atoms with Crippen molar-refractivity contribution in [3.63, 3.8) is 0 Å². The summed E-state index contributed by atoms with van der Waals surface area (Å²) in [7, 11) is 1.61. The number of amides is 2. The largest absolute Gasteiger partial charge is 0.497 e. The van der Waals surface area contributed by atoms with Crippen molar-refractivity contribution in [2.45, 2.75) is 32.4 Å². The zero-order valence-corrected chi connectivity index (χ0v) is 14.5. The fourth-order valence-electron chi connectivity index (χ4n) is 3.16. The fraction of sp³-hybridized carbons (Fsp3) is 0.300. The molecule has 1 aliphatic rings. The Bertz CT molecular complexity index is 788. The van der Waals surface area contributed by atoms with E-state index in [4.69, 9.17) is 4.74 Å². The Labute approximate surface area is 147 Å². The lowest BCUT2D eigenvalue weighted by atomic mass is 10.1. The number of hydrogen-bond donors (Lipinski definition) is 1. The average molecular weight is 338 g/mol. The van der Waals surface area contributed by atoms with Crippen LogP contribution in [0.2, 0.25) is 0 Å². The van der Waals surface area contributed by atoms with E-state index in [1.54, 1.807) is 12.0 Å². The number of anilines is 1. The number of benzene rings is 2. The number of para-hydroxylation sites is 1. The molecular formula is C20H22N2O3. The maximum absolute atomic E-state index is 12.7. The number of nitrogens with one attached hydrogen (secondary N) is 1. The van der Waals surface area contributed by atoms with Gasteiger partial charge in [-0.25, -0.2) is 0 Å². The Hall–Kier alpha value is -2.82. The normalized spacial score (nSPS) is 15.6. The van der Waals surface area contributed by atoms with E-state index < -0.39 is 6.04 Å². The number of carbonyl (C=O) groups is 2. The topological polar surface area (TPSA) is 58.6 Å². The lowest BCUT2D eigenvalue weighted by Crippen LogP contribution is -2.47. The Morgan fingerprint density at radius 3 is 2.76 bits per heavy atom. The maximum Gasteiger partial charge on any atom is 0.243 e. The third kappa shape index (κ3) is 3.50. The highest BCUT2D eigenvalue weighted by Crippen LogP contribution is 2.32. The van der Waals surface area contributed by atoms with E-state index in [1.165, 1.54) is 0 Å². The van der Waals surface area contributed by atoms with Gasteiger partial charge in [0, 0.05) is 25.1 Å². The molecule has 1 heterocycles.